The van der Waals surface area contributed by atoms with E-state index in [0.717, 1.165) is 13.0 Å². The van der Waals surface area contributed by atoms with E-state index >= 15 is 0 Å². The maximum atomic E-state index is 12.7. The van der Waals surface area contributed by atoms with E-state index in [9.17, 15) is 14.4 Å². The van der Waals surface area contributed by atoms with E-state index in [1.54, 1.807) is 4.90 Å². The summed E-state index contributed by atoms with van der Waals surface area (Å²) in [6, 6.07) is 0.0232. The van der Waals surface area contributed by atoms with Crippen molar-refractivity contribution < 1.29 is 14.4 Å². The first kappa shape index (κ1) is 19.7. The Bertz CT molecular complexity index is 526. The van der Waals surface area contributed by atoms with Gasteiger partial charge in [0.1, 0.15) is 0 Å². The van der Waals surface area contributed by atoms with E-state index in [-0.39, 0.29) is 11.9 Å². The molecular formula is C18H32N4O3. The average Bonchev–Trinajstić information content (AvgIpc) is 2.85. The molecule has 2 aliphatic rings. The second-order valence-corrected chi connectivity index (χ2v) is 8.53. The van der Waals surface area contributed by atoms with Gasteiger partial charge < -0.3 is 20.9 Å². The van der Waals surface area contributed by atoms with Crippen LogP contribution >= 0.6 is 0 Å². The minimum atomic E-state index is -0.579. The highest BCUT2D eigenvalue weighted by molar-refractivity contribution is 6.35. The quantitative estimate of drug-likeness (QED) is 0.573. The molecule has 0 unspecified atom stereocenters. The first-order chi connectivity index (χ1) is 11.5. The van der Waals surface area contributed by atoms with E-state index in [2.05, 4.69) is 5.32 Å². The number of carbonyl (C=O) groups is 3. The topological polar surface area (TPSA) is 95.7 Å². The molecule has 3 N–H and O–H groups in total. The van der Waals surface area contributed by atoms with Crippen molar-refractivity contribution in [3.8, 4) is 0 Å². The molecule has 2 heterocycles. The summed E-state index contributed by atoms with van der Waals surface area (Å²) in [5, 5.41) is 2.71. The number of likely N-dealkylation sites (tertiary alicyclic amines) is 2. The highest BCUT2D eigenvalue weighted by Crippen LogP contribution is 2.37. The summed E-state index contributed by atoms with van der Waals surface area (Å²) in [4.78, 5) is 40.1. The molecule has 0 saturated carbocycles. The Morgan fingerprint density at radius 2 is 1.80 bits per heavy atom. The summed E-state index contributed by atoms with van der Waals surface area (Å²) in [7, 11) is 0. The number of nitrogens with zero attached hydrogens (tertiary/aromatic N) is 2. The zero-order valence-corrected chi connectivity index (χ0v) is 15.9. The van der Waals surface area contributed by atoms with Crippen LogP contribution in [0.2, 0.25) is 0 Å². The van der Waals surface area contributed by atoms with Gasteiger partial charge in [0.15, 0.2) is 0 Å². The van der Waals surface area contributed by atoms with Crippen LogP contribution in [0.15, 0.2) is 0 Å². The van der Waals surface area contributed by atoms with Gasteiger partial charge in [0, 0.05) is 43.2 Å². The molecular weight excluding hydrogens is 320 g/mol. The minimum absolute atomic E-state index is 0.0232. The zero-order chi connectivity index (χ0) is 18.8. The third-order valence-corrected chi connectivity index (χ3v) is 5.19. The Labute approximate surface area is 150 Å². The number of rotatable bonds is 4. The van der Waals surface area contributed by atoms with Gasteiger partial charge in [-0.05, 0) is 53.4 Å². The van der Waals surface area contributed by atoms with Crippen LogP contribution in [0.5, 0.6) is 0 Å². The summed E-state index contributed by atoms with van der Waals surface area (Å²) < 4.78 is 0. The molecule has 0 atom stereocenters. The Kier molecular flexibility index (Phi) is 5.76. The molecule has 2 rings (SSSR count). The lowest BCUT2D eigenvalue weighted by molar-refractivity contribution is -0.159. The fourth-order valence-electron chi connectivity index (χ4n) is 4.50. The monoisotopic (exact) mass is 352 g/mol. The van der Waals surface area contributed by atoms with Gasteiger partial charge in [-0.1, -0.05) is 0 Å². The molecule has 0 aromatic carbocycles. The van der Waals surface area contributed by atoms with Crippen molar-refractivity contribution in [2.24, 2.45) is 5.73 Å². The predicted octanol–water partition coefficient (Wildman–Crippen LogP) is 0.622. The summed E-state index contributed by atoms with van der Waals surface area (Å²) in [6.45, 7) is 9.64. The second kappa shape index (κ2) is 7.32. The van der Waals surface area contributed by atoms with Gasteiger partial charge in [-0.25, -0.2) is 0 Å². The molecule has 25 heavy (non-hydrogen) atoms. The highest BCUT2D eigenvalue weighted by atomic mass is 16.2. The lowest BCUT2D eigenvalue weighted by Gasteiger charge is -2.54. The van der Waals surface area contributed by atoms with Crippen LogP contribution in [0.25, 0.3) is 0 Å². The van der Waals surface area contributed by atoms with Crippen LogP contribution < -0.4 is 11.1 Å². The molecule has 7 nitrogen and oxygen atoms in total. The van der Waals surface area contributed by atoms with Gasteiger partial charge in [0.25, 0.3) is 0 Å². The molecule has 0 aliphatic carbocycles. The van der Waals surface area contributed by atoms with Crippen LogP contribution in [0.4, 0.5) is 0 Å². The Morgan fingerprint density at radius 3 is 2.32 bits per heavy atom. The molecule has 2 saturated heterocycles. The predicted molar refractivity (Wildman–Crippen MR) is 95.7 cm³/mol. The molecule has 0 aromatic rings. The van der Waals surface area contributed by atoms with Crippen molar-refractivity contribution in [3.05, 3.63) is 0 Å². The third kappa shape index (κ3) is 4.51. The standard InChI is InChI=1S/C18H32N4O3/c1-17(2)11-13(19)12-18(3,4)22(17)16(25)15(24)20-8-6-10-21-9-5-7-14(21)23/h13H,5-12,19H2,1-4H3,(H,20,24). The van der Waals surface area contributed by atoms with Crippen molar-refractivity contribution in [2.75, 3.05) is 19.6 Å². The second-order valence-electron chi connectivity index (χ2n) is 8.53. The normalized spacial score (nSPS) is 23.0. The Balaban J connectivity index is 1.88. The van der Waals surface area contributed by atoms with Gasteiger partial charge in [0.05, 0.1) is 0 Å². The van der Waals surface area contributed by atoms with E-state index in [1.807, 2.05) is 32.6 Å². The fourth-order valence-corrected chi connectivity index (χ4v) is 4.50. The molecule has 142 valence electrons. The summed E-state index contributed by atoms with van der Waals surface area (Å²) in [6.07, 6.45) is 3.53. The van der Waals surface area contributed by atoms with Gasteiger partial charge in [0.2, 0.25) is 5.91 Å². The summed E-state index contributed by atoms with van der Waals surface area (Å²) >= 11 is 0. The van der Waals surface area contributed by atoms with Gasteiger partial charge in [-0.3, -0.25) is 14.4 Å². The molecule has 2 fully saturated rings. The van der Waals surface area contributed by atoms with Gasteiger partial charge in [-0.2, -0.15) is 0 Å². The SMILES string of the molecule is CC1(C)CC(N)CC(C)(C)N1C(=O)C(=O)NCCCN1CCCC1=O. The number of piperidine rings is 1. The molecule has 0 radical (unpaired) electrons. The zero-order valence-electron chi connectivity index (χ0n) is 15.9. The molecule has 0 aromatic heterocycles. The fraction of sp³-hybridized carbons (Fsp3) is 0.833. The Morgan fingerprint density at radius 1 is 1.20 bits per heavy atom. The van der Waals surface area contributed by atoms with Crippen LogP contribution in [0.1, 0.15) is 59.8 Å². The van der Waals surface area contributed by atoms with E-state index < -0.39 is 22.9 Å². The van der Waals surface area contributed by atoms with E-state index in [0.29, 0.717) is 38.8 Å². The largest absolute Gasteiger partial charge is 0.348 e. The maximum absolute atomic E-state index is 12.7. The average molecular weight is 352 g/mol. The number of carbonyl (C=O) groups excluding carboxylic acids is 3. The number of hydrogen-bond acceptors (Lipinski definition) is 4. The van der Waals surface area contributed by atoms with Crippen molar-refractivity contribution in [1.29, 1.82) is 0 Å². The lowest BCUT2D eigenvalue weighted by atomic mass is 9.77. The Hall–Kier alpha value is -1.63. The molecule has 7 heteroatoms. The van der Waals surface area contributed by atoms with Crippen molar-refractivity contribution >= 4 is 17.7 Å². The highest BCUT2D eigenvalue weighted by Gasteiger charge is 2.48. The van der Waals surface area contributed by atoms with Crippen molar-refractivity contribution in [2.45, 2.75) is 76.9 Å². The van der Waals surface area contributed by atoms with Crippen LogP contribution in [-0.2, 0) is 14.4 Å². The minimum Gasteiger partial charge on any atom is -0.348 e. The van der Waals surface area contributed by atoms with E-state index in [4.69, 9.17) is 5.73 Å². The summed E-state index contributed by atoms with van der Waals surface area (Å²) in [5.41, 5.74) is 5.20. The molecule has 0 bridgehead atoms. The van der Waals surface area contributed by atoms with Gasteiger partial charge in [-0.15, -0.1) is 0 Å². The maximum Gasteiger partial charge on any atom is 0.312 e. The number of hydrogen-bond donors (Lipinski definition) is 2. The van der Waals surface area contributed by atoms with Crippen molar-refractivity contribution in [1.82, 2.24) is 15.1 Å². The lowest BCUT2D eigenvalue weighted by Crippen LogP contribution is -2.67. The molecule has 0 spiro atoms. The number of amides is 3. The van der Waals surface area contributed by atoms with Gasteiger partial charge >= 0.3 is 11.8 Å². The van der Waals surface area contributed by atoms with Crippen LogP contribution in [0.3, 0.4) is 0 Å². The first-order valence-electron chi connectivity index (χ1n) is 9.20. The third-order valence-electron chi connectivity index (χ3n) is 5.19. The summed E-state index contributed by atoms with van der Waals surface area (Å²) in [5.74, 6) is -0.904. The smallest absolute Gasteiger partial charge is 0.312 e. The van der Waals surface area contributed by atoms with Crippen molar-refractivity contribution in [3.63, 3.8) is 0 Å². The van der Waals surface area contributed by atoms with Crippen LogP contribution in [0, 0.1) is 0 Å². The van der Waals surface area contributed by atoms with Crippen LogP contribution in [-0.4, -0.2) is 64.3 Å². The molecule has 3 amide bonds. The number of nitrogens with two attached hydrogens (primary N) is 1. The first-order valence-corrected chi connectivity index (χ1v) is 9.20. The molecule has 2 aliphatic heterocycles. The number of nitrogens with one attached hydrogen (secondary N) is 1. The van der Waals surface area contributed by atoms with E-state index in [1.165, 1.54) is 0 Å².